The van der Waals surface area contributed by atoms with Crippen LogP contribution >= 0.6 is 92.8 Å². The number of halogens is 10. The summed E-state index contributed by atoms with van der Waals surface area (Å²) in [5.74, 6) is 4.50. The average Bonchev–Trinajstić information content (AvgIpc) is 1.70. The van der Waals surface area contributed by atoms with Crippen LogP contribution in [-0.2, 0) is 0 Å². The van der Waals surface area contributed by atoms with E-state index in [1.165, 1.54) is 18.3 Å². The molecule has 12 aromatic heterocycles. The molecule has 6 N–H and O–H groups in total. The molecule has 0 bridgehead atoms. The number of aromatic amines is 6. The van der Waals surface area contributed by atoms with E-state index in [1.54, 1.807) is 117 Å². The zero-order valence-corrected chi connectivity index (χ0v) is 86.1. The topological polar surface area (TPSA) is 325 Å². The summed E-state index contributed by atoms with van der Waals surface area (Å²) in [4.78, 5) is 72.8. The van der Waals surface area contributed by atoms with Gasteiger partial charge < -0.3 is 44.1 Å². The maximum atomic E-state index is 13.9. The van der Waals surface area contributed by atoms with Gasteiger partial charge in [-0.3, -0.25) is 15.0 Å². The lowest BCUT2D eigenvalue weighted by atomic mass is 10.1. The smallest absolute Gasteiger partial charge is 0.224 e. The Hall–Kier alpha value is -16.3. The van der Waals surface area contributed by atoms with Crippen LogP contribution in [0.5, 0.6) is 17.6 Å². The van der Waals surface area contributed by atoms with Crippen molar-refractivity contribution < 1.29 is 23.0 Å². The molecule has 0 unspecified atom stereocenters. The number of nitrogens with zero attached hydrogens (tertiary/aromatic N) is 14. The molecule has 0 aliphatic carbocycles. The zero-order chi connectivity index (χ0) is 104. The van der Waals surface area contributed by atoms with E-state index in [0.717, 1.165) is 174 Å². The highest BCUT2D eigenvalue weighted by atomic mass is 35.5. The molecule has 23 nitrogen and oxygen atoms in total. The Morgan fingerprint density at radius 2 is 0.584 bits per heavy atom. The third-order valence-electron chi connectivity index (χ3n) is 22.7. The number of ether oxygens (including phenoxy) is 3. The number of pyridine rings is 6. The van der Waals surface area contributed by atoms with Crippen LogP contribution < -0.4 is 14.2 Å². The van der Waals surface area contributed by atoms with Gasteiger partial charge in [-0.2, -0.15) is 10.5 Å². The van der Waals surface area contributed by atoms with Gasteiger partial charge >= 0.3 is 0 Å². The zero-order valence-electron chi connectivity index (χ0n) is 80.0. The predicted molar refractivity (Wildman–Crippen MR) is 590 cm³/mol. The number of H-pyrrole nitrogens is 6. The van der Waals surface area contributed by atoms with Crippen molar-refractivity contribution in [3.63, 3.8) is 0 Å². The summed E-state index contributed by atoms with van der Waals surface area (Å²) in [6.07, 6.45) is 26.8. The van der Waals surface area contributed by atoms with E-state index in [0.29, 0.717) is 123 Å². The van der Waals surface area contributed by atoms with Gasteiger partial charge in [-0.25, -0.2) is 53.6 Å². The van der Waals surface area contributed by atoms with Gasteiger partial charge in [0, 0.05) is 135 Å². The maximum absolute atomic E-state index is 13.9. The number of nitriles is 2. The van der Waals surface area contributed by atoms with E-state index in [4.69, 9.17) is 118 Å². The van der Waals surface area contributed by atoms with E-state index in [9.17, 15) is 8.78 Å². The van der Waals surface area contributed by atoms with Crippen molar-refractivity contribution in [2.75, 3.05) is 19.8 Å². The molecule has 12 heterocycles. The molecule has 0 fully saturated rings. The minimum Gasteiger partial charge on any atom is -0.477 e. The lowest BCUT2D eigenvalue weighted by Gasteiger charge is -2.08. The molecule has 0 amide bonds. The second kappa shape index (κ2) is 52.2. The SMILES string of the molecule is CCCCOc1ncccc1-c1ncc(-c2ccc(C#N)cc2)[nH]1.CCCCOc1ncccc1-c1ncc(-c2ccc(Cl)cc2Cl)[nH]1.CCCCOc1ncccc1-c1ncc(-c2ccc(F)cc2F)[nH]1.Clc1ccc(-c2ncccc2-c2ncc(-c3cc(Cl)ccc3Cl)[nH]2)cc1.Clc1ccc(-c2ncccc2-c2ncc(-c3cccc(Cl)c3)[nH]2)cc1.N#Cc1cccc(-c2cnc(-c3cccnc3-c3ccc(Cl)cc3)[nH]2)c1. The van der Waals surface area contributed by atoms with Crippen LogP contribution in [0.3, 0.4) is 0 Å². The third kappa shape index (κ3) is 27.9. The van der Waals surface area contributed by atoms with Crippen LogP contribution in [-0.4, -0.2) is 110 Å². The van der Waals surface area contributed by atoms with Gasteiger partial charge in [0.1, 0.15) is 46.6 Å². The van der Waals surface area contributed by atoms with Crippen molar-refractivity contribution in [1.29, 1.82) is 10.5 Å². The first kappa shape index (κ1) is 106. The number of imidazole rings is 6. The van der Waals surface area contributed by atoms with E-state index in [2.05, 4.69) is 123 Å². The fourth-order valence-electron chi connectivity index (χ4n) is 15.2. The summed E-state index contributed by atoms with van der Waals surface area (Å²) in [5.41, 5.74) is 21.2. The number of aromatic nitrogens is 18. The first-order chi connectivity index (χ1) is 72.7. The number of hydrogen-bond donors (Lipinski definition) is 6. The molecule has 0 saturated heterocycles. The maximum Gasteiger partial charge on any atom is 0.224 e. The van der Waals surface area contributed by atoms with Crippen LogP contribution in [0.1, 0.15) is 70.4 Å². The average molecular weight is 2130 g/mol. The highest BCUT2D eigenvalue weighted by Gasteiger charge is 2.22. The number of nitrogens with one attached hydrogen (secondary N) is 6. The third-order valence-corrected chi connectivity index (χ3v) is 24.8. The van der Waals surface area contributed by atoms with Crippen molar-refractivity contribution in [2.24, 2.45) is 0 Å². The van der Waals surface area contributed by atoms with Gasteiger partial charge in [0.25, 0.3) is 0 Å². The lowest BCUT2D eigenvalue weighted by Crippen LogP contribution is -2.00. The molecule has 21 aromatic rings. The summed E-state index contributed by atoms with van der Waals surface area (Å²) in [6, 6.07) is 86.4. The molecular formula is C116H90Cl8F2N20O3. The van der Waals surface area contributed by atoms with E-state index in [1.807, 2.05) is 206 Å². The molecule has 33 heteroatoms. The molecule has 9 aromatic carbocycles. The van der Waals surface area contributed by atoms with Gasteiger partial charge in [-0.1, -0.05) is 206 Å². The van der Waals surface area contributed by atoms with Crippen LogP contribution in [0, 0.1) is 34.3 Å². The fraction of sp³-hybridized carbons (Fsp3) is 0.103. The Kier molecular flexibility index (Phi) is 36.9. The van der Waals surface area contributed by atoms with E-state index in [-0.39, 0.29) is 5.56 Å². The van der Waals surface area contributed by atoms with Crippen LogP contribution in [0.25, 0.3) is 170 Å². The summed E-state index contributed by atoms with van der Waals surface area (Å²) in [5, 5.41) is 23.1. The Morgan fingerprint density at radius 1 is 0.255 bits per heavy atom. The fourth-order valence-corrected chi connectivity index (χ4v) is 16.6. The van der Waals surface area contributed by atoms with E-state index < -0.39 is 11.6 Å². The lowest BCUT2D eigenvalue weighted by molar-refractivity contribution is 0.299. The molecule has 21 rings (SSSR count). The van der Waals surface area contributed by atoms with Crippen LogP contribution in [0.2, 0.25) is 40.2 Å². The highest BCUT2D eigenvalue weighted by molar-refractivity contribution is 6.37. The van der Waals surface area contributed by atoms with Crippen molar-refractivity contribution in [3.05, 3.63) is 410 Å². The standard InChI is InChI=1S/C21H13ClN4.C20H12Cl3N3.C20H13Cl2N3.C19H18N4O.C18H17Cl2N3O.C18H17F2N3O/c22-17-8-6-15(7-9-17)20-18(5-2-10-24-20)21-25-13-19(26-21)16-4-1-3-14(11-16)12-23;21-13-5-3-12(4-6-13)19-15(2-1-9-24-19)20-25-11-18(26-20)16-10-14(22)7-8-17(16)23;21-15-8-6-13(7-9-15)19-17(5-2-10-23-19)20-24-12-18(25-20)14-3-1-4-16(22)11-14;1-2-3-11-24-19-16(5-4-10-21-19)18-22-13-17(23-18)15-8-6-14(12-20)7-9-15;2*1-2-3-9-24-18-14(5-4-8-21-18)17-22-11-16(23-17)13-7-6-12(19)10-15(13)20/h1-11,13H,(H,25,26);1-11H,(H,25,26);1-12H,(H,24,25);4-10,13H,2-3,11H2,1H3,(H,22,23);2*4-8,10-11H,2-3,9H2,1H3,(H,22,23). The minimum atomic E-state index is -0.643. The number of benzene rings is 9. The molecule has 0 atom stereocenters. The van der Waals surface area contributed by atoms with Crippen molar-refractivity contribution in [1.82, 2.24) is 89.7 Å². The summed E-state index contributed by atoms with van der Waals surface area (Å²) in [7, 11) is 0. The Morgan fingerprint density at radius 3 is 0.987 bits per heavy atom. The van der Waals surface area contributed by atoms with Gasteiger partial charge in [-0.05, 0) is 219 Å². The number of rotatable bonds is 27. The van der Waals surface area contributed by atoms with Gasteiger partial charge in [0.05, 0.1) is 158 Å². The summed E-state index contributed by atoms with van der Waals surface area (Å²) >= 11 is 48.7. The second-order valence-electron chi connectivity index (χ2n) is 33.0. The Bertz CT molecular complexity index is 8030. The van der Waals surface area contributed by atoms with E-state index >= 15 is 0 Å². The molecule has 0 radical (unpaired) electrons. The van der Waals surface area contributed by atoms with Gasteiger partial charge in [0.15, 0.2) is 0 Å². The summed E-state index contributed by atoms with van der Waals surface area (Å²) < 4.78 is 44.2. The largest absolute Gasteiger partial charge is 0.477 e. The van der Waals surface area contributed by atoms with Crippen molar-refractivity contribution >= 4 is 92.8 Å². The van der Waals surface area contributed by atoms with Gasteiger partial charge in [-0.15, -0.1) is 0 Å². The molecule has 742 valence electrons. The van der Waals surface area contributed by atoms with Crippen molar-refractivity contribution in [2.45, 2.75) is 59.3 Å². The van der Waals surface area contributed by atoms with Gasteiger partial charge in [0.2, 0.25) is 17.6 Å². The molecular weight excluding hydrogens is 2040 g/mol. The molecule has 0 spiro atoms. The number of hydrogen-bond acceptors (Lipinski definition) is 17. The van der Waals surface area contributed by atoms with Crippen molar-refractivity contribution in [3.8, 4) is 199 Å². The van der Waals surface area contributed by atoms with Crippen LogP contribution in [0.4, 0.5) is 8.78 Å². The molecule has 0 aliphatic heterocycles. The highest BCUT2D eigenvalue weighted by Crippen LogP contribution is 2.40. The molecule has 0 saturated carbocycles. The summed E-state index contributed by atoms with van der Waals surface area (Å²) in [6.45, 7) is 8.18. The van der Waals surface area contributed by atoms with Crippen LogP contribution in [0.15, 0.2) is 347 Å². The first-order valence-electron chi connectivity index (χ1n) is 47.1. The monoisotopic (exact) mass is 2130 g/mol. The Balaban J connectivity index is 0.000000127. The second-order valence-corrected chi connectivity index (χ2v) is 36.5. The predicted octanol–water partition coefficient (Wildman–Crippen LogP) is 32.6. The quantitative estimate of drug-likeness (QED) is 0.0261. The first-order valence-corrected chi connectivity index (χ1v) is 50.1. The normalized spacial score (nSPS) is 10.7. The number of unbranched alkanes of at least 4 members (excludes halogenated alkanes) is 3. The molecule has 0 aliphatic rings. The molecule has 149 heavy (non-hydrogen) atoms. The minimum absolute atomic E-state index is 0.257. The Labute approximate surface area is 897 Å².